The molecule has 0 amide bonds. The molecule has 0 N–H and O–H groups in total. The molecule has 1 aliphatic rings. The molecular formula is C50H47FIrN2OSi-2. The summed E-state index contributed by atoms with van der Waals surface area (Å²) in [5.41, 5.74) is 4.87. The third kappa shape index (κ3) is 8.63. The fourth-order valence-electron chi connectivity index (χ4n) is 7.31. The Morgan fingerprint density at radius 1 is 0.804 bits per heavy atom. The number of aromatic nitrogens is 2. The van der Waals surface area contributed by atoms with Gasteiger partial charge in [-0.3, -0.25) is 4.39 Å². The van der Waals surface area contributed by atoms with Crippen molar-refractivity contribution in [2.45, 2.75) is 71.8 Å². The summed E-state index contributed by atoms with van der Waals surface area (Å²) in [6, 6.07) is 35.0. The van der Waals surface area contributed by atoms with Crippen molar-refractivity contribution in [3.63, 3.8) is 0 Å². The summed E-state index contributed by atoms with van der Waals surface area (Å²) in [6.07, 6.45) is 4.11. The normalized spacial score (nSPS) is 16.8. The van der Waals surface area contributed by atoms with Gasteiger partial charge in [0.1, 0.15) is 5.58 Å². The van der Waals surface area contributed by atoms with Gasteiger partial charge in [0.25, 0.3) is 0 Å². The number of aryl methyl sites for hydroxylation is 2. The number of pyridine rings is 2. The number of rotatable bonds is 7. The summed E-state index contributed by atoms with van der Waals surface area (Å²) < 4.78 is 102. The minimum absolute atomic E-state index is 0. The molecule has 0 bridgehead atoms. The first-order chi connectivity index (χ1) is 30.5. The average molecular weight is 941 g/mol. The number of benzene rings is 5. The van der Waals surface area contributed by atoms with Crippen molar-refractivity contribution in [1.29, 1.82) is 0 Å². The molecular weight excluding hydrogens is 884 g/mol. The predicted octanol–water partition coefficient (Wildman–Crippen LogP) is 12.8. The molecule has 1 radical (unpaired) electrons. The Bertz CT molecular complexity index is 3050. The van der Waals surface area contributed by atoms with Gasteiger partial charge in [0.15, 0.2) is 0 Å². The second-order valence-corrected chi connectivity index (χ2v) is 20.2. The Kier molecular flexibility index (Phi) is 8.57. The van der Waals surface area contributed by atoms with Crippen LogP contribution in [0.3, 0.4) is 0 Å². The number of hydrogen-bond donors (Lipinski definition) is 0. The van der Waals surface area contributed by atoms with E-state index in [1.54, 1.807) is 67.0 Å². The molecule has 56 heavy (non-hydrogen) atoms. The van der Waals surface area contributed by atoms with Crippen LogP contribution in [0.25, 0.3) is 55.2 Å². The third-order valence-corrected chi connectivity index (χ3v) is 12.1. The largest absolute Gasteiger partial charge is 0.500 e. The van der Waals surface area contributed by atoms with E-state index >= 15 is 0 Å². The zero-order valence-electron chi connectivity index (χ0n) is 41.4. The summed E-state index contributed by atoms with van der Waals surface area (Å²) in [4.78, 5) is 8.92. The second-order valence-electron chi connectivity index (χ2n) is 15.1. The maximum Gasteiger partial charge on any atom is 0.121 e. The van der Waals surface area contributed by atoms with Gasteiger partial charge in [-0.2, -0.15) is 0 Å². The van der Waals surface area contributed by atoms with Gasteiger partial charge in [0.05, 0.1) is 13.7 Å². The van der Waals surface area contributed by atoms with Crippen molar-refractivity contribution >= 4 is 46.0 Å². The first kappa shape index (κ1) is 28.6. The summed E-state index contributed by atoms with van der Waals surface area (Å²) >= 11 is 0. The van der Waals surface area contributed by atoms with E-state index in [4.69, 9.17) is 18.1 Å². The fraction of sp³-hybridized carbons (Fsp3) is 0.240. The quantitative estimate of drug-likeness (QED) is 0.118. The monoisotopic (exact) mass is 941 g/mol. The smallest absolute Gasteiger partial charge is 0.121 e. The van der Waals surface area contributed by atoms with E-state index in [1.165, 1.54) is 6.07 Å². The number of furan rings is 1. The van der Waals surface area contributed by atoms with E-state index in [2.05, 4.69) is 41.7 Å². The van der Waals surface area contributed by atoms with Gasteiger partial charge in [-0.1, -0.05) is 147 Å². The standard InChI is InChI=1S/C28H24NO.C22H23FNSi.Ir/c1-18-6-9-23-21(14-18)7-11-27-28(23)24-17-22(8-10-26(24)30-27)25-16-20(12-13-29-25)15-19-4-2-3-5-19;1-16-10-11-19(20(23)12-16)21-14-18(13-17-8-6-5-7-9-17)22(15-24-21)25(2,3)4;/h6-7,9-14,16-17,19H,2-5,15H2,1H3;5-10,12,14-15H,13H2,1-4H3;/q2*-1;/i1D3,15D2;1D3,13D2;. The molecule has 0 atom stereocenters. The topological polar surface area (TPSA) is 38.9 Å². The molecule has 3 heterocycles. The van der Waals surface area contributed by atoms with Crippen LogP contribution in [0.4, 0.5) is 4.39 Å². The minimum atomic E-state index is -2.43. The van der Waals surface area contributed by atoms with Crippen LogP contribution >= 0.6 is 0 Å². The molecule has 8 aromatic rings. The fourth-order valence-corrected chi connectivity index (χ4v) is 8.70. The van der Waals surface area contributed by atoms with E-state index in [0.717, 1.165) is 69.6 Å². The molecule has 3 nitrogen and oxygen atoms in total. The van der Waals surface area contributed by atoms with Crippen molar-refractivity contribution in [3.8, 4) is 22.5 Å². The molecule has 5 aromatic carbocycles. The van der Waals surface area contributed by atoms with Gasteiger partial charge in [-0.25, -0.2) is 0 Å². The van der Waals surface area contributed by atoms with E-state index in [1.807, 2.05) is 36.4 Å². The Labute approximate surface area is 358 Å². The van der Waals surface area contributed by atoms with Gasteiger partial charge < -0.3 is 14.4 Å². The van der Waals surface area contributed by atoms with Crippen molar-refractivity contribution in [3.05, 3.63) is 161 Å². The first-order valence-corrected chi connectivity index (χ1v) is 22.1. The number of hydrogen-bond acceptors (Lipinski definition) is 3. The van der Waals surface area contributed by atoms with E-state index in [9.17, 15) is 4.39 Å². The van der Waals surface area contributed by atoms with E-state index < -0.39 is 40.3 Å². The molecule has 9 rings (SSSR count). The molecule has 0 aliphatic heterocycles. The van der Waals surface area contributed by atoms with Crippen LogP contribution in [0.5, 0.6) is 0 Å². The SMILES string of the molecule is [2H]C([2H])([2H])c1c[c-]c(-c2cc(C([2H])([2H])c3ccccc3)c([Si](C)(C)C)cn2)c(F)c1.[2H]C([2H])([2H])c1ccc2c(ccc3oc4c[c-]c(-c5cc(C([2H])([2H])C6CCCC6)ccn5)cc4c32)c1.[Ir]. The van der Waals surface area contributed by atoms with Crippen LogP contribution in [-0.2, 0) is 32.9 Å². The number of halogens is 1. The zero-order valence-corrected chi connectivity index (χ0v) is 34.8. The van der Waals surface area contributed by atoms with Crippen molar-refractivity contribution in [2.75, 3.05) is 0 Å². The van der Waals surface area contributed by atoms with E-state index in [-0.39, 0.29) is 42.8 Å². The summed E-state index contributed by atoms with van der Waals surface area (Å²) in [5.74, 6) is -0.712. The van der Waals surface area contributed by atoms with Crippen LogP contribution in [-0.4, -0.2) is 18.0 Å². The zero-order chi connectivity index (χ0) is 46.7. The maximum atomic E-state index is 14.7. The van der Waals surface area contributed by atoms with Crippen LogP contribution < -0.4 is 5.19 Å². The number of fused-ring (bicyclic) bond motifs is 5. The molecule has 1 aliphatic carbocycles. The molecule has 3 aromatic heterocycles. The second kappa shape index (κ2) is 16.8. The van der Waals surface area contributed by atoms with Crippen molar-refractivity contribution in [1.82, 2.24) is 9.97 Å². The molecule has 6 heteroatoms. The summed E-state index contributed by atoms with van der Waals surface area (Å²) in [5, 5.41) is 4.42. The van der Waals surface area contributed by atoms with Crippen LogP contribution in [0.2, 0.25) is 19.6 Å². The molecule has 0 unspecified atom stereocenters. The average Bonchev–Trinajstić information content (AvgIpc) is 3.95. The summed E-state index contributed by atoms with van der Waals surface area (Å²) in [7, 11) is -1.97. The van der Waals surface area contributed by atoms with Gasteiger partial charge in [-0.05, 0) is 70.6 Å². The summed E-state index contributed by atoms with van der Waals surface area (Å²) in [6.45, 7) is 1.72. The molecule has 1 fully saturated rings. The van der Waals surface area contributed by atoms with E-state index in [0.29, 0.717) is 33.5 Å². The van der Waals surface area contributed by atoms with Crippen LogP contribution in [0.15, 0.2) is 120 Å². The molecule has 285 valence electrons. The minimum Gasteiger partial charge on any atom is -0.500 e. The first-order valence-electron chi connectivity index (χ1n) is 23.6. The third-order valence-electron chi connectivity index (χ3n) is 10.1. The Morgan fingerprint density at radius 3 is 2.39 bits per heavy atom. The van der Waals surface area contributed by atoms with Gasteiger partial charge in [-0.15, -0.1) is 47.5 Å². The van der Waals surface area contributed by atoms with Crippen molar-refractivity contribution in [2.24, 2.45) is 5.92 Å². The van der Waals surface area contributed by atoms with Crippen molar-refractivity contribution < 1.29 is 42.6 Å². The Morgan fingerprint density at radius 2 is 1.62 bits per heavy atom. The maximum absolute atomic E-state index is 14.7. The Hall–Kier alpha value is -4.74. The molecule has 0 spiro atoms. The van der Waals surface area contributed by atoms with Gasteiger partial charge in [0, 0.05) is 57.4 Å². The van der Waals surface area contributed by atoms with Gasteiger partial charge in [0.2, 0.25) is 0 Å². The Balaban J connectivity index is 0.000000196. The van der Waals surface area contributed by atoms with Gasteiger partial charge >= 0.3 is 0 Å². The number of nitrogens with zero attached hydrogens (tertiary/aromatic N) is 2. The molecule has 0 saturated heterocycles. The predicted molar refractivity (Wildman–Crippen MR) is 229 cm³/mol. The van der Waals surface area contributed by atoms with Crippen LogP contribution in [0.1, 0.15) is 67.2 Å². The van der Waals surface area contributed by atoms with Crippen LogP contribution in [0, 0.1) is 37.6 Å². The molecule has 1 saturated carbocycles.